The molecule has 1 saturated heterocycles. The van der Waals surface area contributed by atoms with Gasteiger partial charge in [0.25, 0.3) is 0 Å². The summed E-state index contributed by atoms with van der Waals surface area (Å²) in [6.45, 7) is 1.90. The summed E-state index contributed by atoms with van der Waals surface area (Å²) in [7, 11) is 0. The number of para-hydroxylation sites is 1. The number of rotatable bonds is 6. The van der Waals surface area contributed by atoms with Gasteiger partial charge in [0, 0.05) is 35.8 Å². The molecule has 3 N–H and O–H groups in total. The van der Waals surface area contributed by atoms with E-state index >= 15 is 0 Å². The number of carboxylic acid groups (broad SMARTS) is 1. The number of hydrogen-bond donors (Lipinski definition) is 3. The predicted octanol–water partition coefficient (Wildman–Crippen LogP) is 5.46. The van der Waals surface area contributed by atoms with Crippen LogP contribution in [0, 0.1) is 16.7 Å². The fourth-order valence-corrected chi connectivity index (χ4v) is 5.36. The Bertz CT molecular complexity index is 986. The van der Waals surface area contributed by atoms with Gasteiger partial charge in [0.05, 0.1) is 11.3 Å². The summed E-state index contributed by atoms with van der Waals surface area (Å²) < 4.78 is 0. The van der Waals surface area contributed by atoms with Crippen molar-refractivity contribution in [2.24, 2.45) is 11.3 Å². The summed E-state index contributed by atoms with van der Waals surface area (Å²) in [6.07, 6.45) is 9.60. The number of benzene rings is 1. The van der Waals surface area contributed by atoms with Crippen LogP contribution in [0.3, 0.4) is 0 Å². The monoisotopic (exact) mass is 418 g/mol. The maximum Gasteiger partial charge on any atom is 0.354 e. The van der Waals surface area contributed by atoms with E-state index in [4.69, 9.17) is 5.41 Å². The minimum absolute atomic E-state index is 0.0307. The van der Waals surface area contributed by atoms with E-state index in [1.54, 1.807) is 6.07 Å². The summed E-state index contributed by atoms with van der Waals surface area (Å²) in [5, 5.41) is 22.1. The molecule has 1 aromatic carbocycles. The van der Waals surface area contributed by atoms with E-state index in [1.165, 1.54) is 32.1 Å². The van der Waals surface area contributed by atoms with Crippen LogP contribution in [-0.4, -0.2) is 34.9 Å². The maximum absolute atomic E-state index is 11.9. The molecule has 0 atom stereocenters. The lowest BCUT2D eigenvalue weighted by Gasteiger charge is -2.54. The van der Waals surface area contributed by atoms with E-state index in [-0.39, 0.29) is 11.6 Å². The van der Waals surface area contributed by atoms with Gasteiger partial charge in [-0.2, -0.15) is 0 Å². The number of aromatic nitrogens is 1. The number of anilines is 3. The Morgan fingerprint density at radius 3 is 2.42 bits per heavy atom. The fraction of sp³-hybridized carbons (Fsp3) is 0.480. The van der Waals surface area contributed by atoms with Crippen molar-refractivity contribution in [2.75, 3.05) is 23.3 Å². The first-order valence-electron chi connectivity index (χ1n) is 11.5. The standard InChI is InChI=1S/C25H30N4O2/c26-22(17-8-7-9-17)21-20(29-15-25(16-29)12-5-2-6-13-25)14-19(24(30)31)28-23(21)27-18-10-3-1-4-11-18/h1,3-4,10-11,14,17,26H,2,5-9,12-13,15-16H2,(H,27,28)(H,30,31). The van der Waals surface area contributed by atoms with Gasteiger partial charge in [-0.3, -0.25) is 0 Å². The molecule has 2 heterocycles. The van der Waals surface area contributed by atoms with Crippen LogP contribution in [0.4, 0.5) is 17.2 Å². The molecule has 31 heavy (non-hydrogen) atoms. The molecule has 6 nitrogen and oxygen atoms in total. The van der Waals surface area contributed by atoms with E-state index in [0.29, 0.717) is 16.9 Å². The molecule has 1 spiro atoms. The van der Waals surface area contributed by atoms with Crippen molar-refractivity contribution >= 4 is 28.9 Å². The van der Waals surface area contributed by atoms with Gasteiger partial charge in [-0.1, -0.05) is 43.9 Å². The molecule has 3 fully saturated rings. The minimum Gasteiger partial charge on any atom is -0.477 e. The zero-order chi connectivity index (χ0) is 21.4. The highest BCUT2D eigenvalue weighted by molar-refractivity contribution is 6.10. The zero-order valence-electron chi connectivity index (χ0n) is 17.9. The topological polar surface area (TPSA) is 89.3 Å². The number of aromatic carboxylic acids is 1. The van der Waals surface area contributed by atoms with E-state index in [2.05, 4.69) is 15.2 Å². The van der Waals surface area contributed by atoms with Crippen LogP contribution in [0.15, 0.2) is 36.4 Å². The Balaban J connectivity index is 1.55. The summed E-state index contributed by atoms with van der Waals surface area (Å²) >= 11 is 0. The van der Waals surface area contributed by atoms with Gasteiger partial charge in [0.2, 0.25) is 0 Å². The van der Waals surface area contributed by atoms with Crippen LogP contribution in [0.5, 0.6) is 0 Å². The van der Waals surface area contributed by atoms with Gasteiger partial charge in [0.1, 0.15) is 5.82 Å². The predicted molar refractivity (Wildman–Crippen MR) is 123 cm³/mol. The Kier molecular flexibility index (Phi) is 5.16. The molecule has 1 aliphatic heterocycles. The average molecular weight is 419 g/mol. The quantitative estimate of drug-likeness (QED) is 0.542. The Morgan fingerprint density at radius 1 is 1.10 bits per heavy atom. The van der Waals surface area contributed by atoms with E-state index in [1.807, 2.05) is 30.3 Å². The average Bonchev–Trinajstić information content (AvgIpc) is 2.71. The highest BCUT2D eigenvalue weighted by Crippen LogP contribution is 2.47. The molecule has 0 unspecified atom stereocenters. The molecule has 3 aliphatic rings. The van der Waals surface area contributed by atoms with Crippen molar-refractivity contribution in [3.63, 3.8) is 0 Å². The third kappa shape index (κ3) is 3.80. The molecule has 0 amide bonds. The molecule has 0 radical (unpaired) electrons. The summed E-state index contributed by atoms with van der Waals surface area (Å²) in [5.41, 5.74) is 3.48. The van der Waals surface area contributed by atoms with Gasteiger partial charge in [-0.15, -0.1) is 0 Å². The third-order valence-electron chi connectivity index (χ3n) is 7.34. The summed E-state index contributed by atoms with van der Waals surface area (Å²) in [6, 6.07) is 11.4. The number of nitrogens with one attached hydrogen (secondary N) is 2. The molecular weight excluding hydrogens is 388 g/mol. The van der Waals surface area contributed by atoms with Gasteiger partial charge in [-0.05, 0) is 43.9 Å². The number of pyridine rings is 1. The Morgan fingerprint density at radius 2 is 1.81 bits per heavy atom. The molecule has 2 aromatic rings. The number of carbonyl (C=O) groups is 1. The molecular formula is C25H30N4O2. The zero-order valence-corrected chi connectivity index (χ0v) is 17.9. The summed E-state index contributed by atoms with van der Waals surface area (Å²) in [4.78, 5) is 18.6. The highest BCUT2D eigenvalue weighted by Gasteiger charge is 2.45. The third-order valence-corrected chi connectivity index (χ3v) is 7.34. The van der Waals surface area contributed by atoms with Crippen molar-refractivity contribution in [3.8, 4) is 0 Å². The van der Waals surface area contributed by atoms with Crippen LogP contribution in [0.25, 0.3) is 0 Å². The molecule has 5 rings (SSSR count). The van der Waals surface area contributed by atoms with Crippen LogP contribution in [0.2, 0.25) is 0 Å². The number of nitrogens with zero attached hydrogens (tertiary/aromatic N) is 2. The smallest absolute Gasteiger partial charge is 0.354 e. The lowest BCUT2D eigenvalue weighted by molar-refractivity contribution is 0.0690. The van der Waals surface area contributed by atoms with Crippen molar-refractivity contribution in [1.29, 1.82) is 5.41 Å². The molecule has 2 saturated carbocycles. The Hall–Kier alpha value is -2.89. The van der Waals surface area contributed by atoms with Gasteiger partial charge >= 0.3 is 5.97 Å². The minimum atomic E-state index is -1.04. The highest BCUT2D eigenvalue weighted by atomic mass is 16.4. The van der Waals surface area contributed by atoms with E-state index < -0.39 is 5.97 Å². The SMILES string of the molecule is N=C(c1c(N2CC3(CCCCC3)C2)cc(C(=O)O)nc1Nc1ccccc1)C1CCC1. The van der Waals surface area contributed by atoms with Gasteiger partial charge < -0.3 is 20.7 Å². The second-order valence-electron chi connectivity index (χ2n) is 9.50. The Labute approximate surface area is 183 Å². The van der Waals surface area contributed by atoms with Crippen LogP contribution < -0.4 is 10.2 Å². The van der Waals surface area contributed by atoms with Crippen molar-refractivity contribution in [2.45, 2.75) is 51.4 Å². The molecule has 0 bridgehead atoms. The van der Waals surface area contributed by atoms with Crippen LogP contribution in [-0.2, 0) is 0 Å². The maximum atomic E-state index is 11.9. The second-order valence-corrected chi connectivity index (χ2v) is 9.50. The van der Waals surface area contributed by atoms with Gasteiger partial charge in [0.15, 0.2) is 5.69 Å². The summed E-state index contributed by atoms with van der Waals surface area (Å²) in [5.74, 6) is -0.313. The fourth-order valence-electron chi connectivity index (χ4n) is 5.36. The largest absolute Gasteiger partial charge is 0.477 e. The molecule has 6 heteroatoms. The lowest BCUT2D eigenvalue weighted by atomic mass is 9.68. The van der Waals surface area contributed by atoms with E-state index in [9.17, 15) is 9.90 Å². The van der Waals surface area contributed by atoms with Gasteiger partial charge in [-0.25, -0.2) is 9.78 Å². The van der Waals surface area contributed by atoms with Crippen LogP contribution >= 0.6 is 0 Å². The lowest BCUT2D eigenvalue weighted by Crippen LogP contribution is -2.57. The van der Waals surface area contributed by atoms with Crippen molar-refractivity contribution < 1.29 is 9.90 Å². The van der Waals surface area contributed by atoms with Crippen molar-refractivity contribution in [1.82, 2.24) is 4.98 Å². The molecule has 1 aromatic heterocycles. The van der Waals surface area contributed by atoms with Crippen LogP contribution in [0.1, 0.15) is 67.4 Å². The second kappa shape index (κ2) is 7.98. The first-order valence-corrected chi connectivity index (χ1v) is 11.5. The van der Waals surface area contributed by atoms with E-state index in [0.717, 1.165) is 49.3 Å². The van der Waals surface area contributed by atoms with Crippen molar-refractivity contribution in [3.05, 3.63) is 47.7 Å². The molecule has 162 valence electrons. The number of carboxylic acids is 1. The normalized spacial score (nSPS) is 20.1. The first kappa shape index (κ1) is 20.0. The number of hydrogen-bond acceptors (Lipinski definition) is 5. The first-order chi connectivity index (χ1) is 15.0. The molecule has 2 aliphatic carbocycles.